The van der Waals surface area contributed by atoms with Crippen molar-refractivity contribution in [2.24, 2.45) is 0 Å². The first-order valence-corrected chi connectivity index (χ1v) is 4.86. The zero-order chi connectivity index (χ0) is 10.6. The van der Waals surface area contributed by atoms with E-state index >= 15 is 0 Å². The van der Waals surface area contributed by atoms with Crippen molar-refractivity contribution in [3.05, 3.63) is 41.7 Å². The van der Waals surface area contributed by atoms with Gasteiger partial charge >= 0.3 is 0 Å². The minimum absolute atomic E-state index is 0.333. The second-order valence-corrected chi connectivity index (χ2v) is 3.80. The van der Waals surface area contributed by atoms with E-state index in [-0.39, 0.29) is 0 Å². The SMILES string of the molecule is C=C(C)CC(NC)c1cncc(C)c1. The summed E-state index contributed by atoms with van der Waals surface area (Å²) in [6.07, 6.45) is 4.75. The maximum Gasteiger partial charge on any atom is 0.0370 e. The Hall–Kier alpha value is -1.15. The lowest BCUT2D eigenvalue weighted by atomic mass is 10.0. The van der Waals surface area contributed by atoms with Crippen molar-refractivity contribution in [3.8, 4) is 0 Å². The zero-order valence-electron chi connectivity index (χ0n) is 9.17. The summed E-state index contributed by atoms with van der Waals surface area (Å²) in [5.74, 6) is 0. The van der Waals surface area contributed by atoms with E-state index in [4.69, 9.17) is 0 Å². The number of aromatic nitrogens is 1. The van der Waals surface area contributed by atoms with Gasteiger partial charge in [0.25, 0.3) is 0 Å². The maximum absolute atomic E-state index is 4.19. The molecule has 1 unspecified atom stereocenters. The van der Waals surface area contributed by atoms with Crippen LogP contribution in [0.1, 0.15) is 30.5 Å². The molecule has 2 heteroatoms. The Kier molecular flexibility index (Phi) is 3.84. The van der Waals surface area contributed by atoms with Crippen LogP contribution in [0.25, 0.3) is 0 Å². The summed E-state index contributed by atoms with van der Waals surface area (Å²) in [7, 11) is 1.97. The van der Waals surface area contributed by atoms with Crippen molar-refractivity contribution in [3.63, 3.8) is 0 Å². The molecule has 0 aliphatic rings. The molecule has 2 nitrogen and oxygen atoms in total. The summed E-state index contributed by atoms with van der Waals surface area (Å²) in [4.78, 5) is 4.19. The summed E-state index contributed by atoms with van der Waals surface area (Å²) in [5, 5.41) is 3.28. The molecule has 14 heavy (non-hydrogen) atoms. The molecule has 0 radical (unpaired) electrons. The van der Waals surface area contributed by atoms with Crippen molar-refractivity contribution < 1.29 is 0 Å². The molecule has 1 N–H and O–H groups in total. The molecular formula is C12H18N2. The minimum Gasteiger partial charge on any atom is -0.313 e. The molecule has 1 aromatic heterocycles. The Morgan fingerprint density at radius 1 is 1.57 bits per heavy atom. The van der Waals surface area contributed by atoms with Crippen molar-refractivity contribution >= 4 is 0 Å². The Morgan fingerprint density at radius 3 is 2.79 bits per heavy atom. The molecule has 1 atom stereocenters. The van der Waals surface area contributed by atoms with E-state index in [1.807, 2.05) is 26.4 Å². The number of hydrogen-bond donors (Lipinski definition) is 1. The molecule has 1 rings (SSSR count). The Balaban J connectivity index is 2.83. The van der Waals surface area contributed by atoms with Crippen LogP contribution in [0.3, 0.4) is 0 Å². The fourth-order valence-electron chi connectivity index (χ4n) is 1.50. The smallest absolute Gasteiger partial charge is 0.0370 e. The Labute approximate surface area is 86.1 Å². The number of rotatable bonds is 4. The third-order valence-corrected chi connectivity index (χ3v) is 2.20. The molecule has 76 valence electrons. The molecule has 0 saturated heterocycles. The molecule has 0 aromatic carbocycles. The molecule has 0 bridgehead atoms. The minimum atomic E-state index is 0.333. The lowest BCUT2D eigenvalue weighted by molar-refractivity contribution is 0.587. The van der Waals surface area contributed by atoms with Gasteiger partial charge in [-0.3, -0.25) is 4.98 Å². The van der Waals surface area contributed by atoms with Crippen molar-refractivity contribution in [1.29, 1.82) is 0 Å². The Morgan fingerprint density at radius 2 is 2.29 bits per heavy atom. The van der Waals surface area contributed by atoms with E-state index in [0.717, 1.165) is 6.42 Å². The van der Waals surface area contributed by atoms with E-state index in [1.165, 1.54) is 16.7 Å². The van der Waals surface area contributed by atoms with E-state index < -0.39 is 0 Å². The predicted octanol–water partition coefficient (Wildman–Crippen LogP) is 2.62. The van der Waals surface area contributed by atoms with Gasteiger partial charge in [0.2, 0.25) is 0 Å². The first-order valence-electron chi connectivity index (χ1n) is 4.86. The molecule has 1 heterocycles. The van der Waals surface area contributed by atoms with Crippen LogP contribution in [0.5, 0.6) is 0 Å². The molecule has 0 aliphatic heterocycles. The van der Waals surface area contributed by atoms with Gasteiger partial charge in [0.1, 0.15) is 0 Å². The Bertz CT molecular complexity index is 318. The number of hydrogen-bond acceptors (Lipinski definition) is 2. The zero-order valence-corrected chi connectivity index (χ0v) is 9.17. The second kappa shape index (κ2) is 4.91. The van der Waals surface area contributed by atoms with Gasteiger partial charge in [-0.2, -0.15) is 0 Å². The maximum atomic E-state index is 4.19. The lowest BCUT2D eigenvalue weighted by Gasteiger charge is -2.16. The van der Waals surface area contributed by atoms with Crippen LogP contribution in [-0.2, 0) is 0 Å². The summed E-state index contributed by atoms with van der Waals surface area (Å²) >= 11 is 0. The van der Waals surface area contributed by atoms with Gasteiger partial charge in [0.15, 0.2) is 0 Å². The lowest BCUT2D eigenvalue weighted by Crippen LogP contribution is -2.16. The quantitative estimate of drug-likeness (QED) is 0.738. The molecule has 0 fully saturated rings. The topological polar surface area (TPSA) is 24.9 Å². The molecule has 0 spiro atoms. The highest BCUT2D eigenvalue weighted by Gasteiger charge is 2.09. The predicted molar refractivity (Wildman–Crippen MR) is 60.2 cm³/mol. The molecular weight excluding hydrogens is 172 g/mol. The van der Waals surface area contributed by atoms with Crippen LogP contribution in [0.2, 0.25) is 0 Å². The van der Waals surface area contributed by atoms with E-state index in [2.05, 4.69) is 29.9 Å². The molecule has 0 aliphatic carbocycles. The average Bonchev–Trinajstić information content (AvgIpc) is 2.14. The van der Waals surface area contributed by atoms with Gasteiger partial charge in [-0.15, -0.1) is 6.58 Å². The average molecular weight is 190 g/mol. The monoisotopic (exact) mass is 190 g/mol. The highest BCUT2D eigenvalue weighted by atomic mass is 14.9. The highest BCUT2D eigenvalue weighted by Crippen LogP contribution is 2.19. The van der Waals surface area contributed by atoms with Crippen LogP contribution >= 0.6 is 0 Å². The molecule has 1 aromatic rings. The van der Waals surface area contributed by atoms with Crippen molar-refractivity contribution in [2.75, 3.05) is 7.05 Å². The van der Waals surface area contributed by atoms with Crippen LogP contribution in [0, 0.1) is 6.92 Å². The number of nitrogens with zero attached hydrogens (tertiary/aromatic N) is 1. The molecule has 0 saturated carbocycles. The first-order chi connectivity index (χ1) is 6.63. The highest BCUT2D eigenvalue weighted by molar-refractivity contribution is 5.21. The van der Waals surface area contributed by atoms with Crippen LogP contribution in [-0.4, -0.2) is 12.0 Å². The normalized spacial score (nSPS) is 12.5. The number of pyridine rings is 1. The van der Waals surface area contributed by atoms with Gasteiger partial charge in [-0.1, -0.05) is 11.6 Å². The van der Waals surface area contributed by atoms with Crippen molar-refractivity contribution in [1.82, 2.24) is 10.3 Å². The van der Waals surface area contributed by atoms with Gasteiger partial charge in [0, 0.05) is 18.4 Å². The number of aryl methyl sites for hydroxylation is 1. The van der Waals surface area contributed by atoms with Crippen LogP contribution < -0.4 is 5.32 Å². The largest absolute Gasteiger partial charge is 0.313 e. The van der Waals surface area contributed by atoms with E-state index in [1.54, 1.807) is 0 Å². The van der Waals surface area contributed by atoms with Crippen LogP contribution in [0.4, 0.5) is 0 Å². The van der Waals surface area contributed by atoms with Gasteiger partial charge in [-0.25, -0.2) is 0 Å². The third-order valence-electron chi connectivity index (χ3n) is 2.20. The summed E-state index contributed by atoms with van der Waals surface area (Å²) in [6, 6.07) is 2.50. The fourth-order valence-corrected chi connectivity index (χ4v) is 1.50. The van der Waals surface area contributed by atoms with E-state index in [0.29, 0.717) is 6.04 Å². The summed E-state index contributed by atoms with van der Waals surface area (Å²) < 4.78 is 0. The third kappa shape index (κ3) is 2.96. The first kappa shape index (κ1) is 10.9. The fraction of sp³-hybridized carbons (Fsp3) is 0.417. The molecule has 0 amide bonds. The standard InChI is InChI=1S/C12H18N2/c1-9(2)5-12(13-4)11-6-10(3)7-14-8-11/h6-8,12-13H,1,5H2,2-4H3. The second-order valence-electron chi connectivity index (χ2n) is 3.80. The van der Waals surface area contributed by atoms with Crippen LogP contribution in [0.15, 0.2) is 30.6 Å². The van der Waals surface area contributed by atoms with Gasteiger partial charge < -0.3 is 5.32 Å². The van der Waals surface area contributed by atoms with Gasteiger partial charge in [-0.05, 0) is 38.4 Å². The number of nitrogens with one attached hydrogen (secondary N) is 1. The van der Waals surface area contributed by atoms with Gasteiger partial charge in [0.05, 0.1) is 0 Å². The van der Waals surface area contributed by atoms with Crippen molar-refractivity contribution in [2.45, 2.75) is 26.3 Å². The summed E-state index contributed by atoms with van der Waals surface area (Å²) in [6.45, 7) is 8.04. The van der Waals surface area contributed by atoms with E-state index in [9.17, 15) is 0 Å². The summed E-state index contributed by atoms with van der Waals surface area (Å²) in [5.41, 5.74) is 3.62.